The standard InChI is InChI=1S/C18H34N2O3/c1-5-8-20(15-10-16(23-6-2)18(15,3)4)12-17(21)19-11-14-7-9-22-13-14/h14-16H,5-13H2,1-4H3,(H,19,21)/t14-,15+,16+/m0/s1. The highest BCUT2D eigenvalue weighted by Gasteiger charge is 2.51. The second-order valence-electron chi connectivity index (χ2n) is 7.52. The van der Waals surface area contributed by atoms with Gasteiger partial charge in [0.1, 0.15) is 0 Å². The number of amides is 1. The third-order valence-electron chi connectivity index (χ3n) is 5.40. The highest BCUT2D eigenvalue weighted by Crippen LogP contribution is 2.45. The van der Waals surface area contributed by atoms with Crippen molar-refractivity contribution >= 4 is 5.91 Å². The summed E-state index contributed by atoms with van der Waals surface area (Å²) in [4.78, 5) is 14.7. The third-order valence-corrected chi connectivity index (χ3v) is 5.40. The van der Waals surface area contributed by atoms with E-state index in [9.17, 15) is 4.79 Å². The maximum atomic E-state index is 12.3. The quantitative estimate of drug-likeness (QED) is 0.705. The number of carbonyl (C=O) groups excluding carboxylic acids is 1. The van der Waals surface area contributed by atoms with Crippen molar-refractivity contribution < 1.29 is 14.3 Å². The van der Waals surface area contributed by atoms with Crippen LogP contribution in [-0.4, -0.2) is 62.4 Å². The Labute approximate surface area is 141 Å². The average molecular weight is 326 g/mol. The number of nitrogens with one attached hydrogen (secondary N) is 1. The molecule has 5 heteroatoms. The molecule has 23 heavy (non-hydrogen) atoms. The molecule has 1 saturated carbocycles. The summed E-state index contributed by atoms with van der Waals surface area (Å²) in [6, 6.07) is 0.430. The lowest BCUT2D eigenvalue weighted by Gasteiger charge is -2.55. The molecule has 134 valence electrons. The van der Waals surface area contributed by atoms with E-state index in [0.717, 1.165) is 52.2 Å². The molecule has 3 atom stereocenters. The Morgan fingerprint density at radius 1 is 1.39 bits per heavy atom. The van der Waals surface area contributed by atoms with Crippen LogP contribution >= 0.6 is 0 Å². The Bertz CT molecular complexity index is 380. The molecule has 0 aromatic carbocycles. The fourth-order valence-electron chi connectivity index (χ4n) is 3.84. The monoisotopic (exact) mass is 326 g/mol. The summed E-state index contributed by atoms with van der Waals surface area (Å²) in [7, 11) is 0. The van der Waals surface area contributed by atoms with E-state index in [1.165, 1.54) is 0 Å². The van der Waals surface area contributed by atoms with Crippen LogP contribution in [0.25, 0.3) is 0 Å². The first-order valence-corrected chi connectivity index (χ1v) is 9.19. The van der Waals surface area contributed by atoms with Gasteiger partial charge in [0, 0.05) is 37.1 Å². The van der Waals surface area contributed by atoms with E-state index in [-0.39, 0.29) is 11.3 Å². The predicted octanol–water partition coefficient (Wildman–Crippen LogP) is 2.05. The van der Waals surface area contributed by atoms with E-state index < -0.39 is 0 Å². The molecule has 1 heterocycles. The Morgan fingerprint density at radius 3 is 2.74 bits per heavy atom. The first-order chi connectivity index (χ1) is 11.0. The SMILES string of the molecule is CCCN(CC(=O)NC[C@@H]1CCOC1)[C@@H]1C[C@@H](OCC)C1(C)C. The molecule has 0 radical (unpaired) electrons. The first-order valence-electron chi connectivity index (χ1n) is 9.19. The topological polar surface area (TPSA) is 50.8 Å². The predicted molar refractivity (Wildman–Crippen MR) is 91.4 cm³/mol. The van der Waals surface area contributed by atoms with E-state index >= 15 is 0 Å². The van der Waals surface area contributed by atoms with Crippen LogP contribution in [0.2, 0.25) is 0 Å². The minimum absolute atomic E-state index is 0.116. The smallest absolute Gasteiger partial charge is 0.234 e. The van der Waals surface area contributed by atoms with Crippen LogP contribution in [-0.2, 0) is 14.3 Å². The molecule has 0 bridgehead atoms. The van der Waals surface area contributed by atoms with E-state index in [0.29, 0.717) is 24.6 Å². The maximum absolute atomic E-state index is 12.3. The van der Waals surface area contributed by atoms with Gasteiger partial charge >= 0.3 is 0 Å². The summed E-state index contributed by atoms with van der Waals surface area (Å²) < 4.78 is 11.2. The van der Waals surface area contributed by atoms with Gasteiger partial charge in [0.05, 0.1) is 19.3 Å². The largest absolute Gasteiger partial charge is 0.381 e. The minimum Gasteiger partial charge on any atom is -0.381 e. The van der Waals surface area contributed by atoms with Gasteiger partial charge in [-0.05, 0) is 32.7 Å². The summed E-state index contributed by atoms with van der Waals surface area (Å²) in [5, 5.41) is 3.09. The lowest BCUT2D eigenvalue weighted by atomic mass is 9.63. The van der Waals surface area contributed by atoms with Crippen molar-refractivity contribution in [2.45, 2.75) is 59.1 Å². The first kappa shape index (κ1) is 18.7. The zero-order chi connectivity index (χ0) is 16.9. The van der Waals surface area contributed by atoms with Gasteiger partial charge in [-0.3, -0.25) is 9.69 Å². The van der Waals surface area contributed by atoms with Crippen LogP contribution in [0.5, 0.6) is 0 Å². The molecule has 1 amide bonds. The zero-order valence-corrected chi connectivity index (χ0v) is 15.3. The van der Waals surface area contributed by atoms with Gasteiger partial charge in [-0.15, -0.1) is 0 Å². The summed E-state index contributed by atoms with van der Waals surface area (Å²) in [5.74, 6) is 0.627. The maximum Gasteiger partial charge on any atom is 0.234 e. The number of hydrogen-bond donors (Lipinski definition) is 1. The van der Waals surface area contributed by atoms with Gasteiger partial charge in [0.2, 0.25) is 5.91 Å². The Hall–Kier alpha value is -0.650. The van der Waals surface area contributed by atoms with Gasteiger partial charge in [0.25, 0.3) is 0 Å². The second-order valence-corrected chi connectivity index (χ2v) is 7.52. The molecule has 1 aliphatic heterocycles. The molecule has 2 fully saturated rings. The Balaban J connectivity index is 1.82. The molecule has 1 saturated heterocycles. The number of hydrogen-bond acceptors (Lipinski definition) is 4. The summed E-state index contributed by atoms with van der Waals surface area (Å²) in [5.41, 5.74) is 0.116. The molecular formula is C18H34N2O3. The van der Waals surface area contributed by atoms with Crippen LogP contribution in [0.3, 0.4) is 0 Å². The van der Waals surface area contributed by atoms with Crippen molar-refractivity contribution in [3.63, 3.8) is 0 Å². The van der Waals surface area contributed by atoms with E-state index in [4.69, 9.17) is 9.47 Å². The Kier molecular flexibility index (Phi) is 6.86. The van der Waals surface area contributed by atoms with Crippen LogP contribution in [0.4, 0.5) is 0 Å². The molecule has 1 aliphatic carbocycles. The molecule has 0 aromatic heterocycles. The van der Waals surface area contributed by atoms with Gasteiger partial charge in [0.15, 0.2) is 0 Å². The van der Waals surface area contributed by atoms with Crippen LogP contribution in [0, 0.1) is 11.3 Å². The van der Waals surface area contributed by atoms with Crippen molar-refractivity contribution in [2.24, 2.45) is 11.3 Å². The lowest BCUT2D eigenvalue weighted by molar-refractivity contribution is -0.154. The van der Waals surface area contributed by atoms with Crippen LogP contribution in [0.15, 0.2) is 0 Å². The van der Waals surface area contributed by atoms with Crippen molar-refractivity contribution in [2.75, 3.05) is 39.5 Å². The highest BCUT2D eigenvalue weighted by molar-refractivity contribution is 5.78. The average Bonchev–Trinajstić information content (AvgIpc) is 3.02. The molecule has 0 spiro atoms. The van der Waals surface area contributed by atoms with Gasteiger partial charge in [-0.2, -0.15) is 0 Å². The van der Waals surface area contributed by atoms with Crippen molar-refractivity contribution in [1.82, 2.24) is 10.2 Å². The summed E-state index contributed by atoms with van der Waals surface area (Å²) in [6.45, 7) is 13.3. The highest BCUT2D eigenvalue weighted by atomic mass is 16.5. The fourth-order valence-corrected chi connectivity index (χ4v) is 3.84. The number of ether oxygens (including phenoxy) is 2. The van der Waals surface area contributed by atoms with Crippen molar-refractivity contribution in [1.29, 1.82) is 0 Å². The fraction of sp³-hybridized carbons (Fsp3) is 0.944. The van der Waals surface area contributed by atoms with Crippen molar-refractivity contribution in [3.05, 3.63) is 0 Å². The van der Waals surface area contributed by atoms with Gasteiger partial charge in [-0.1, -0.05) is 20.8 Å². The minimum atomic E-state index is 0.116. The van der Waals surface area contributed by atoms with Gasteiger partial charge < -0.3 is 14.8 Å². The third kappa shape index (κ3) is 4.68. The molecule has 1 N–H and O–H groups in total. The summed E-state index contributed by atoms with van der Waals surface area (Å²) in [6.07, 6.45) is 3.47. The van der Waals surface area contributed by atoms with E-state index in [2.05, 4.69) is 31.0 Å². The van der Waals surface area contributed by atoms with Crippen LogP contribution < -0.4 is 5.32 Å². The molecule has 2 rings (SSSR count). The normalized spacial score (nSPS) is 29.5. The molecule has 0 aromatic rings. The molecule has 5 nitrogen and oxygen atoms in total. The lowest BCUT2D eigenvalue weighted by Crippen LogP contribution is -2.63. The molecular weight excluding hydrogens is 292 g/mol. The van der Waals surface area contributed by atoms with E-state index in [1.807, 2.05) is 6.92 Å². The van der Waals surface area contributed by atoms with E-state index in [1.54, 1.807) is 0 Å². The molecule has 0 unspecified atom stereocenters. The molecule has 2 aliphatic rings. The van der Waals surface area contributed by atoms with Crippen LogP contribution in [0.1, 0.15) is 47.0 Å². The Morgan fingerprint density at radius 2 is 2.17 bits per heavy atom. The van der Waals surface area contributed by atoms with Crippen molar-refractivity contribution in [3.8, 4) is 0 Å². The summed E-state index contributed by atoms with van der Waals surface area (Å²) >= 11 is 0. The number of carbonyl (C=O) groups is 1. The van der Waals surface area contributed by atoms with Gasteiger partial charge in [-0.25, -0.2) is 0 Å². The number of rotatable bonds is 9. The number of nitrogens with zero attached hydrogens (tertiary/aromatic N) is 1. The zero-order valence-electron chi connectivity index (χ0n) is 15.3. The second kappa shape index (κ2) is 8.45.